The molecule has 0 radical (unpaired) electrons. The minimum Gasteiger partial charge on any atom is -0.369 e. The fraction of sp³-hybridized carbons (Fsp3) is 0.240. The topological polar surface area (TPSA) is 23.6 Å². The second kappa shape index (κ2) is 9.41. The lowest BCUT2D eigenvalue weighted by Crippen LogP contribution is -2.48. The van der Waals surface area contributed by atoms with E-state index in [-0.39, 0.29) is 17.6 Å². The van der Waals surface area contributed by atoms with Crippen LogP contribution in [0.3, 0.4) is 0 Å². The van der Waals surface area contributed by atoms with Crippen molar-refractivity contribution >= 4 is 23.1 Å². The Labute approximate surface area is 181 Å². The molecule has 154 valence electrons. The summed E-state index contributed by atoms with van der Waals surface area (Å²) < 4.78 is 13.2. The molecule has 1 fully saturated rings. The van der Waals surface area contributed by atoms with Gasteiger partial charge in [0, 0.05) is 54.9 Å². The number of piperazine rings is 1. The van der Waals surface area contributed by atoms with Gasteiger partial charge in [-0.3, -0.25) is 9.69 Å². The van der Waals surface area contributed by atoms with Gasteiger partial charge in [0.2, 0.25) is 0 Å². The van der Waals surface area contributed by atoms with Crippen molar-refractivity contribution < 1.29 is 9.18 Å². The van der Waals surface area contributed by atoms with Gasteiger partial charge in [-0.2, -0.15) is 0 Å². The van der Waals surface area contributed by atoms with Gasteiger partial charge in [0.05, 0.1) is 0 Å². The van der Waals surface area contributed by atoms with E-state index in [0.29, 0.717) is 17.0 Å². The molecule has 1 aliphatic rings. The van der Waals surface area contributed by atoms with Crippen LogP contribution in [0.2, 0.25) is 5.02 Å². The highest BCUT2D eigenvalue weighted by molar-refractivity contribution is 6.30. The first-order valence-corrected chi connectivity index (χ1v) is 10.6. The molecule has 0 amide bonds. The third-order valence-electron chi connectivity index (χ3n) is 5.68. The molecule has 3 nitrogen and oxygen atoms in total. The Hall–Kier alpha value is -2.69. The molecule has 5 heteroatoms. The van der Waals surface area contributed by atoms with Gasteiger partial charge in [-0.15, -0.1) is 0 Å². The van der Waals surface area contributed by atoms with Crippen LogP contribution in [-0.4, -0.2) is 36.9 Å². The number of ketones is 1. The molecule has 0 aliphatic carbocycles. The first-order chi connectivity index (χ1) is 14.6. The van der Waals surface area contributed by atoms with Gasteiger partial charge in [0.15, 0.2) is 5.78 Å². The SMILES string of the molecule is O=C(C[C@H](c1ccccc1)N1CCN(c2ccc(F)cc2)CC1)c1ccc(Cl)cc1. The second-order valence-electron chi connectivity index (χ2n) is 7.56. The lowest BCUT2D eigenvalue weighted by atomic mass is 9.96. The molecule has 0 bridgehead atoms. The molecule has 1 atom stereocenters. The fourth-order valence-electron chi connectivity index (χ4n) is 4.01. The molecule has 1 heterocycles. The summed E-state index contributed by atoms with van der Waals surface area (Å²) in [6.07, 6.45) is 0.419. The number of carbonyl (C=O) groups excluding carboxylic acids is 1. The van der Waals surface area contributed by atoms with Gasteiger partial charge < -0.3 is 4.90 Å². The zero-order valence-corrected chi connectivity index (χ0v) is 17.4. The van der Waals surface area contributed by atoms with Crippen LogP contribution in [0.25, 0.3) is 0 Å². The molecule has 1 aliphatic heterocycles. The van der Waals surface area contributed by atoms with Crippen molar-refractivity contribution in [2.75, 3.05) is 31.1 Å². The van der Waals surface area contributed by atoms with Crippen molar-refractivity contribution in [1.29, 1.82) is 0 Å². The summed E-state index contributed by atoms with van der Waals surface area (Å²) in [5.41, 5.74) is 2.87. The van der Waals surface area contributed by atoms with Gasteiger partial charge >= 0.3 is 0 Å². The van der Waals surface area contributed by atoms with Crippen LogP contribution in [0.4, 0.5) is 10.1 Å². The van der Waals surface area contributed by atoms with Gasteiger partial charge in [-0.1, -0.05) is 41.9 Å². The average molecular weight is 423 g/mol. The fourth-order valence-corrected chi connectivity index (χ4v) is 4.13. The van der Waals surface area contributed by atoms with Gasteiger partial charge in [-0.25, -0.2) is 4.39 Å². The molecule has 0 aromatic heterocycles. The third-order valence-corrected chi connectivity index (χ3v) is 5.93. The molecule has 0 saturated carbocycles. The lowest BCUT2D eigenvalue weighted by molar-refractivity contribution is 0.0910. The highest BCUT2D eigenvalue weighted by Crippen LogP contribution is 2.28. The van der Waals surface area contributed by atoms with Crippen molar-refractivity contribution in [2.45, 2.75) is 12.5 Å². The Morgan fingerprint density at radius 3 is 2.13 bits per heavy atom. The molecule has 0 spiro atoms. The number of nitrogens with zero attached hydrogens (tertiary/aromatic N) is 2. The van der Waals surface area contributed by atoms with Crippen LogP contribution in [0.5, 0.6) is 0 Å². The van der Waals surface area contributed by atoms with E-state index in [1.165, 1.54) is 12.1 Å². The van der Waals surface area contributed by atoms with Crippen LogP contribution in [0, 0.1) is 5.82 Å². The van der Waals surface area contributed by atoms with E-state index in [0.717, 1.165) is 37.4 Å². The molecule has 0 N–H and O–H groups in total. The highest BCUT2D eigenvalue weighted by atomic mass is 35.5. The Bertz CT molecular complexity index is 968. The van der Waals surface area contributed by atoms with E-state index in [9.17, 15) is 9.18 Å². The van der Waals surface area contributed by atoms with E-state index in [2.05, 4.69) is 21.9 Å². The standard InChI is InChI=1S/C25H24ClFN2O/c26-21-8-6-20(7-9-21)25(30)18-24(19-4-2-1-3-5-19)29-16-14-28(15-17-29)23-12-10-22(27)11-13-23/h1-13,24H,14-18H2/t24-/m1/s1. The Morgan fingerprint density at radius 1 is 0.867 bits per heavy atom. The van der Waals surface area contributed by atoms with E-state index < -0.39 is 0 Å². The van der Waals surface area contributed by atoms with Crippen molar-refractivity contribution in [3.8, 4) is 0 Å². The summed E-state index contributed by atoms with van der Waals surface area (Å²) in [5, 5.41) is 0.628. The van der Waals surface area contributed by atoms with E-state index >= 15 is 0 Å². The summed E-state index contributed by atoms with van der Waals surface area (Å²) >= 11 is 5.97. The van der Waals surface area contributed by atoms with Crippen molar-refractivity contribution in [3.05, 3.63) is 101 Å². The van der Waals surface area contributed by atoms with E-state index in [1.807, 2.05) is 30.3 Å². The number of hydrogen-bond acceptors (Lipinski definition) is 3. The zero-order chi connectivity index (χ0) is 20.9. The molecule has 30 heavy (non-hydrogen) atoms. The number of hydrogen-bond donors (Lipinski definition) is 0. The first kappa shape index (κ1) is 20.6. The minimum absolute atomic E-state index is 0.0183. The number of rotatable bonds is 6. The van der Waals surface area contributed by atoms with Crippen molar-refractivity contribution in [1.82, 2.24) is 4.90 Å². The zero-order valence-electron chi connectivity index (χ0n) is 16.7. The van der Waals surface area contributed by atoms with Gasteiger partial charge in [0.1, 0.15) is 5.82 Å². The highest BCUT2D eigenvalue weighted by Gasteiger charge is 2.27. The van der Waals surface area contributed by atoms with Gasteiger partial charge in [-0.05, 0) is 54.1 Å². The number of anilines is 1. The largest absolute Gasteiger partial charge is 0.369 e. The predicted octanol–water partition coefficient (Wildman–Crippen LogP) is 5.62. The average Bonchev–Trinajstić information content (AvgIpc) is 2.79. The maximum Gasteiger partial charge on any atom is 0.164 e. The maximum absolute atomic E-state index is 13.2. The minimum atomic E-state index is -0.220. The maximum atomic E-state index is 13.2. The van der Waals surface area contributed by atoms with Crippen LogP contribution in [0.1, 0.15) is 28.4 Å². The molecular formula is C25H24ClFN2O. The van der Waals surface area contributed by atoms with Crippen LogP contribution in [0.15, 0.2) is 78.9 Å². The smallest absolute Gasteiger partial charge is 0.164 e. The monoisotopic (exact) mass is 422 g/mol. The molecule has 1 saturated heterocycles. The predicted molar refractivity (Wildman–Crippen MR) is 120 cm³/mol. The number of Topliss-reactive ketones (excluding diaryl/α,β-unsaturated/α-hetero) is 1. The first-order valence-electron chi connectivity index (χ1n) is 10.2. The number of halogens is 2. The number of carbonyl (C=O) groups is 1. The molecule has 3 aromatic rings. The lowest BCUT2D eigenvalue weighted by Gasteiger charge is -2.40. The van der Waals surface area contributed by atoms with E-state index in [1.54, 1.807) is 24.3 Å². The molecular weight excluding hydrogens is 399 g/mol. The molecule has 3 aromatic carbocycles. The summed E-state index contributed by atoms with van der Waals surface area (Å²) in [7, 11) is 0. The van der Waals surface area contributed by atoms with Crippen LogP contribution < -0.4 is 4.90 Å². The third kappa shape index (κ3) is 4.89. The summed E-state index contributed by atoms with van der Waals surface area (Å²) in [6.45, 7) is 3.35. The molecule has 0 unspecified atom stereocenters. The Kier molecular flexibility index (Phi) is 6.46. The molecule has 4 rings (SSSR count). The number of benzene rings is 3. The summed E-state index contributed by atoms with van der Waals surface area (Å²) in [5.74, 6) is -0.108. The van der Waals surface area contributed by atoms with Crippen LogP contribution >= 0.6 is 11.6 Å². The van der Waals surface area contributed by atoms with Gasteiger partial charge in [0.25, 0.3) is 0 Å². The van der Waals surface area contributed by atoms with Crippen molar-refractivity contribution in [3.63, 3.8) is 0 Å². The second-order valence-corrected chi connectivity index (χ2v) is 8.00. The van der Waals surface area contributed by atoms with Crippen LogP contribution in [-0.2, 0) is 0 Å². The summed E-state index contributed by atoms with van der Waals surface area (Å²) in [6, 6.07) is 24.0. The quantitative estimate of drug-likeness (QED) is 0.482. The normalized spacial score (nSPS) is 15.7. The Balaban J connectivity index is 1.49. The van der Waals surface area contributed by atoms with E-state index in [4.69, 9.17) is 11.6 Å². The van der Waals surface area contributed by atoms with Crippen molar-refractivity contribution in [2.24, 2.45) is 0 Å². The summed E-state index contributed by atoms with van der Waals surface area (Å²) in [4.78, 5) is 17.6. The Morgan fingerprint density at radius 2 is 1.50 bits per heavy atom.